The molecule has 2 aromatic rings. The van der Waals surface area contributed by atoms with Gasteiger partial charge in [0.1, 0.15) is 0 Å². The molecule has 0 atom stereocenters. The fraction of sp³-hybridized carbons (Fsp3) is 0.286. The van der Waals surface area contributed by atoms with Crippen LogP contribution in [0.1, 0.15) is 25.0 Å². The second-order valence-electron chi connectivity index (χ2n) is 4.48. The number of rotatable bonds is 4. The van der Waals surface area contributed by atoms with Crippen molar-refractivity contribution in [2.45, 2.75) is 26.7 Å². The summed E-state index contributed by atoms with van der Waals surface area (Å²) in [5, 5.41) is -0.196. The first kappa shape index (κ1) is 16.3. The van der Waals surface area contributed by atoms with Crippen molar-refractivity contribution in [1.82, 2.24) is 9.97 Å². The molecule has 0 N–H and O–H groups in total. The molecule has 21 heavy (non-hydrogen) atoms. The van der Waals surface area contributed by atoms with Crippen LogP contribution in [0.2, 0.25) is 0 Å². The van der Waals surface area contributed by atoms with Gasteiger partial charge in [-0.1, -0.05) is 29.8 Å². The standard InChI is InChI=1S/C14H16BrN2O3P/c1-3-9-11(15)5-7-16-13(9)14-10(4-2)12(6-8-17-14)21(18,19)20/h5-8H,3-4H2,1-2H3,(H2,18,19,20)/p-2. The summed E-state index contributed by atoms with van der Waals surface area (Å²) < 4.78 is 12.3. The van der Waals surface area contributed by atoms with E-state index in [4.69, 9.17) is 0 Å². The molecule has 0 saturated heterocycles. The van der Waals surface area contributed by atoms with E-state index in [1.807, 2.05) is 13.0 Å². The van der Waals surface area contributed by atoms with Crippen LogP contribution in [0.3, 0.4) is 0 Å². The minimum absolute atomic E-state index is 0.196. The summed E-state index contributed by atoms with van der Waals surface area (Å²) in [6, 6.07) is 3.08. The highest BCUT2D eigenvalue weighted by Crippen LogP contribution is 2.32. The number of pyridine rings is 2. The molecular weight excluding hydrogens is 355 g/mol. The van der Waals surface area contributed by atoms with Crippen molar-refractivity contribution in [3.05, 3.63) is 40.1 Å². The van der Waals surface area contributed by atoms with Gasteiger partial charge < -0.3 is 14.4 Å². The Bertz CT molecular complexity index is 715. The Labute approximate surface area is 131 Å². The first-order chi connectivity index (χ1) is 9.90. The predicted molar refractivity (Wildman–Crippen MR) is 81.2 cm³/mol. The molecule has 0 aliphatic rings. The van der Waals surface area contributed by atoms with Gasteiger partial charge in [0.25, 0.3) is 0 Å². The lowest BCUT2D eigenvalue weighted by atomic mass is 10.0. The summed E-state index contributed by atoms with van der Waals surface area (Å²) >= 11 is 3.46. The molecule has 0 fully saturated rings. The van der Waals surface area contributed by atoms with Crippen molar-refractivity contribution in [1.29, 1.82) is 0 Å². The average Bonchev–Trinajstić information content (AvgIpc) is 2.45. The maximum atomic E-state index is 11.4. The van der Waals surface area contributed by atoms with E-state index in [0.29, 0.717) is 29.8 Å². The van der Waals surface area contributed by atoms with E-state index < -0.39 is 7.60 Å². The van der Waals surface area contributed by atoms with Gasteiger partial charge in [0.15, 0.2) is 0 Å². The van der Waals surface area contributed by atoms with Crippen molar-refractivity contribution in [3.63, 3.8) is 0 Å². The zero-order valence-corrected chi connectivity index (χ0v) is 14.1. The summed E-state index contributed by atoms with van der Waals surface area (Å²) in [7, 11) is -4.83. The summed E-state index contributed by atoms with van der Waals surface area (Å²) in [6.45, 7) is 3.77. The molecule has 2 rings (SSSR count). The molecule has 0 aliphatic carbocycles. The lowest BCUT2D eigenvalue weighted by molar-refractivity contribution is -0.308. The SMILES string of the molecule is CCc1c(Br)ccnc1-c1nccc(P(=O)([O-])[O-])c1CC. The van der Waals surface area contributed by atoms with Crippen molar-refractivity contribution in [2.75, 3.05) is 0 Å². The molecule has 0 spiro atoms. The zero-order chi connectivity index (χ0) is 15.6. The Kier molecular flexibility index (Phi) is 4.94. The van der Waals surface area contributed by atoms with Crippen LogP contribution >= 0.6 is 23.5 Å². The van der Waals surface area contributed by atoms with E-state index in [1.165, 1.54) is 12.3 Å². The molecule has 2 aromatic heterocycles. The molecule has 0 radical (unpaired) electrons. The van der Waals surface area contributed by atoms with Crippen molar-refractivity contribution in [2.24, 2.45) is 0 Å². The van der Waals surface area contributed by atoms with Gasteiger partial charge in [0, 0.05) is 16.9 Å². The highest BCUT2D eigenvalue weighted by molar-refractivity contribution is 9.10. The van der Waals surface area contributed by atoms with E-state index >= 15 is 0 Å². The number of aromatic nitrogens is 2. The molecule has 2 heterocycles. The number of nitrogens with zero attached hydrogens (tertiary/aromatic N) is 2. The summed E-state index contributed by atoms with van der Waals surface area (Å²) in [4.78, 5) is 31.5. The molecule has 0 aromatic carbocycles. The Hall–Kier alpha value is -1.07. The second-order valence-corrected chi connectivity index (χ2v) is 6.81. The lowest BCUT2D eigenvalue weighted by Gasteiger charge is -2.32. The molecule has 112 valence electrons. The molecule has 0 unspecified atom stereocenters. The van der Waals surface area contributed by atoms with E-state index in [2.05, 4.69) is 25.9 Å². The quantitative estimate of drug-likeness (QED) is 0.764. The van der Waals surface area contributed by atoms with Crippen molar-refractivity contribution >= 4 is 28.8 Å². The van der Waals surface area contributed by atoms with Crippen LogP contribution in [-0.4, -0.2) is 9.97 Å². The Morgan fingerprint density at radius 1 is 1.05 bits per heavy atom. The molecule has 0 aliphatic heterocycles. The highest BCUT2D eigenvalue weighted by Gasteiger charge is 2.17. The number of hydrogen-bond acceptors (Lipinski definition) is 5. The molecule has 0 saturated carbocycles. The van der Waals surface area contributed by atoms with Crippen LogP contribution in [0.5, 0.6) is 0 Å². The van der Waals surface area contributed by atoms with Gasteiger partial charge in [-0.2, -0.15) is 0 Å². The monoisotopic (exact) mass is 368 g/mol. The maximum Gasteiger partial charge on any atom is 0.0932 e. The third-order valence-electron chi connectivity index (χ3n) is 3.26. The third kappa shape index (κ3) is 3.24. The van der Waals surface area contributed by atoms with Crippen LogP contribution < -0.4 is 15.1 Å². The van der Waals surface area contributed by atoms with Gasteiger partial charge in [-0.05, 0) is 49.0 Å². The number of hydrogen-bond donors (Lipinski definition) is 0. The summed E-state index contributed by atoms with van der Waals surface area (Å²) in [5.74, 6) is 0. The molecule has 0 bridgehead atoms. The van der Waals surface area contributed by atoms with Crippen LogP contribution in [-0.2, 0) is 17.4 Å². The molecule has 7 heteroatoms. The van der Waals surface area contributed by atoms with E-state index in [0.717, 1.165) is 10.0 Å². The molecular formula is C14H14BrN2O3P-2. The van der Waals surface area contributed by atoms with Crippen LogP contribution in [0.25, 0.3) is 11.4 Å². The Balaban J connectivity index is 2.77. The fourth-order valence-electron chi connectivity index (χ4n) is 2.30. The number of halogens is 1. The van der Waals surface area contributed by atoms with E-state index in [9.17, 15) is 14.4 Å². The van der Waals surface area contributed by atoms with Gasteiger partial charge in [-0.3, -0.25) is 9.97 Å². The third-order valence-corrected chi connectivity index (χ3v) is 5.01. The minimum atomic E-state index is -4.83. The average molecular weight is 369 g/mol. The predicted octanol–water partition coefficient (Wildman–Crippen LogP) is 1.57. The lowest BCUT2D eigenvalue weighted by Crippen LogP contribution is -2.28. The first-order valence-corrected chi connectivity index (χ1v) is 8.87. The van der Waals surface area contributed by atoms with Crippen molar-refractivity contribution in [3.8, 4) is 11.4 Å². The first-order valence-electron chi connectivity index (χ1n) is 6.54. The maximum absolute atomic E-state index is 11.4. The topological polar surface area (TPSA) is 89.0 Å². The fourth-order valence-corrected chi connectivity index (χ4v) is 3.73. The zero-order valence-electron chi connectivity index (χ0n) is 11.7. The van der Waals surface area contributed by atoms with Gasteiger partial charge in [0.05, 0.1) is 11.4 Å². The Morgan fingerprint density at radius 3 is 2.10 bits per heavy atom. The van der Waals surface area contributed by atoms with Gasteiger partial charge in [-0.15, -0.1) is 0 Å². The summed E-state index contributed by atoms with van der Waals surface area (Å²) in [6.07, 6.45) is 4.07. The van der Waals surface area contributed by atoms with Gasteiger partial charge >= 0.3 is 0 Å². The molecule has 0 amide bonds. The van der Waals surface area contributed by atoms with Gasteiger partial charge in [-0.25, -0.2) is 0 Å². The molecule has 5 nitrogen and oxygen atoms in total. The van der Waals surface area contributed by atoms with E-state index in [1.54, 1.807) is 13.1 Å². The normalized spacial score (nSPS) is 11.7. The smallest absolute Gasteiger partial charge is 0.0932 e. The van der Waals surface area contributed by atoms with Gasteiger partial charge in [0.2, 0.25) is 0 Å². The minimum Gasteiger partial charge on any atom is -0.807 e. The summed E-state index contributed by atoms with van der Waals surface area (Å²) in [5.41, 5.74) is 2.42. The van der Waals surface area contributed by atoms with Crippen LogP contribution in [0.4, 0.5) is 0 Å². The highest BCUT2D eigenvalue weighted by atomic mass is 79.9. The van der Waals surface area contributed by atoms with Crippen molar-refractivity contribution < 1.29 is 14.4 Å². The van der Waals surface area contributed by atoms with E-state index in [-0.39, 0.29) is 5.30 Å². The van der Waals surface area contributed by atoms with Crippen LogP contribution in [0, 0.1) is 0 Å². The Morgan fingerprint density at radius 2 is 1.57 bits per heavy atom. The second kappa shape index (κ2) is 6.36. The van der Waals surface area contributed by atoms with Crippen LogP contribution in [0.15, 0.2) is 29.0 Å². The largest absolute Gasteiger partial charge is 0.807 e.